The second kappa shape index (κ2) is 5.45. The lowest BCUT2D eigenvalue weighted by Gasteiger charge is -2.26. The van der Waals surface area contributed by atoms with E-state index >= 15 is 0 Å². The van der Waals surface area contributed by atoms with Crippen LogP contribution in [-0.4, -0.2) is 9.97 Å². The highest BCUT2D eigenvalue weighted by Crippen LogP contribution is 2.30. The van der Waals surface area contributed by atoms with Gasteiger partial charge in [-0.2, -0.15) is 0 Å². The SMILES string of the molecule is CCCCC(C)(CC)c1ncc(Cl)cn1. The maximum Gasteiger partial charge on any atom is 0.134 e. The maximum absolute atomic E-state index is 5.78. The molecule has 0 amide bonds. The van der Waals surface area contributed by atoms with Gasteiger partial charge >= 0.3 is 0 Å². The minimum Gasteiger partial charge on any atom is -0.239 e. The predicted molar refractivity (Wildman–Crippen MR) is 64.2 cm³/mol. The van der Waals surface area contributed by atoms with Gasteiger partial charge < -0.3 is 0 Å². The van der Waals surface area contributed by atoms with Gasteiger partial charge in [0, 0.05) is 17.8 Å². The molecule has 1 aromatic rings. The molecule has 0 aliphatic heterocycles. The molecule has 0 saturated heterocycles. The summed E-state index contributed by atoms with van der Waals surface area (Å²) >= 11 is 5.78. The van der Waals surface area contributed by atoms with Gasteiger partial charge in [-0.3, -0.25) is 0 Å². The average molecular weight is 227 g/mol. The molecule has 0 aliphatic rings. The van der Waals surface area contributed by atoms with Crippen LogP contribution in [0.15, 0.2) is 12.4 Å². The fourth-order valence-electron chi connectivity index (χ4n) is 1.64. The highest BCUT2D eigenvalue weighted by Gasteiger charge is 2.26. The second-order valence-corrected chi connectivity index (χ2v) is 4.68. The molecule has 0 aliphatic carbocycles. The summed E-state index contributed by atoms with van der Waals surface area (Å²) in [4.78, 5) is 8.66. The van der Waals surface area contributed by atoms with E-state index < -0.39 is 0 Å². The summed E-state index contributed by atoms with van der Waals surface area (Å²) in [6.45, 7) is 6.62. The van der Waals surface area contributed by atoms with Crippen molar-refractivity contribution >= 4 is 11.6 Å². The lowest BCUT2D eigenvalue weighted by Crippen LogP contribution is -2.23. The molecular weight excluding hydrogens is 208 g/mol. The van der Waals surface area contributed by atoms with Gasteiger partial charge in [0.2, 0.25) is 0 Å². The van der Waals surface area contributed by atoms with Gasteiger partial charge in [0.25, 0.3) is 0 Å². The first-order valence-corrected chi connectivity index (χ1v) is 5.98. The molecular formula is C12H19ClN2. The lowest BCUT2D eigenvalue weighted by molar-refractivity contribution is 0.380. The van der Waals surface area contributed by atoms with Crippen LogP contribution in [-0.2, 0) is 5.41 Å². The van der Waals surface area contributed by atoms with Crippen molar-refractivity contribution in [2.45, 2.75) is 51.9 Å². The van der Waals surface area contributed by atoms with Gasteiger partial charge in [-0.05, 0) is 12.8 Å². The first kappa shape index (κ1) is 12.4. The van der Waals surface area contributed by atoms with Gasteiger partial charge in [-0.25, -0.2) is 9.97 Å². The summed E-state index contributed by atoms with van der Waals surface area (Å²) in [5, 5.41) is 0.604. The number of rotatable bonds is 5. The Balaban J connectivity index is 2.85. The normalized spacial score (nSPS) is 14.9. The molecule has 0 spiro atoms. The zero-order valence-electron chi connectivity index (χ0n) is 9.76. The van der Waals surface area contributed by atoms with Crippen LogP contribution in [0.2, 0.25) is 5.02 Å². The molecule has 1 heterocycles. The van der Waals surface area contributed by atoms with Gasteiger partial charge in [-0.1, -0.05) is 45.2 Å². The fraction of sp³-hybridized carbons (Fsp3) is 0.667. The molecule has 0 fully saturated rings. The van der Waals surface area contributed by atoms with Crippen molar-refractivity contribution in [3.8, 4) is 0 Å². The Kier molecular flexibility index (Phi) is 4.52. The molecule has 1 unspecified atom stereocenters. The van der Waals surface area contributed by atoms with E-state index in [0.29, 0.717) is 5.02 Å². The Morgan fingerprint density at radius 3 is 2.33 bits per heavy atom. The van der Waals surface area contributed by atoms with Crippen LogP contribution in [0.3, 0.4) is 0 Å². The van der Waals surface area contributed by atoms with E-state index in [4.69, 9.17) is 11.6 Å². The van der Waals surface area contributed by atoms with Crippen molar-refractivity contribution in [3.63, 3.8) is 0 Å². The molecule has 0 saturated carbocycles. The molecule has 1 rings (SSSR count). The van der Waals surface area contributed by atoms with Crippen molar-refractivity contribution in [2.75, 3.05) is 0 Å². The monoisotopic (exact) mass is 226 g/mol. The van der Waals surface area contributed by atoms with Crippen LogP contribution >= 0.6 is 11.6 Å². The zero-order valence-corrected chi connectivity index (χ0v) is 10.5. The zero-order chi connectivity index (χ0) is 11.3. The minimum atomic E-state index is 0.0978. The Morgan fingerprint density at radius 1 is 1.27 bits per heavy atom. The summed E-state index contributed by atoms with van der Waals surface area (Å²) in [5.41, 5.74) is 0.0978. The molecule has 0 N–H and O–H groups in total. The van der Waals surface area contributed by atoms with E-state index in [1.807, 2.05) is 0 Å². The topological polar surface area (TPSA) is 25.8 Å². The largest absolute Gasteiger partial charge is 0.239 e. The quantitative estimate of drug-likeness (QED) is 0.759. The summed E-state index contributed by atoms with van der Waals surface area (Å²) < 4.78 is 0. The van der Waals surface area contributed by atoms with E-state index in [2.05, 4.69) is 30.7 Å². The maximum atomic E-state index is 5.78. The van der Waals surface area contributed by atoms with E-state index in [1.54, 1.807) is 12.4 Å². The third-order valence-corrected chi connectivity index (χ3v) is 3.22. The number of nitrogens with zero attached hydrogens (tertiary/aromatic N) is 2. The van der Waals surface area contributed by atoms with Gasteiger partial charge in [-0.15, -0.1) is 0 Å². The van der Waals surface area contributed by atoms with Crippen molar-refractivity contribution in [1.82, 2.24) is 9.97 Å². The van der Waals surface area contributed by atoms with E-state index in [1.165, 1.54) is 12.8 Å². The molecule has 0 radical (unpaired) electrons. The molecule has 1 atom stereocenters. The molecule has 2 nitrogen and oxygen atoms in total. The highest BCUT2D eigenvalue weighted by atomic mass is 35.5. The molecule has 1 aromatic heterocycles. The predicted octanol–water partition coefficient (Wildman–Crippen LogP) is 3.99. The highest BCUT2D eigenvalue weighted by molar-refractivity contribution is 6.30. The first-order chi connectivity index (χ1) is 7.12. The molecule has 0 aromatic carbocycles. The summed E-state index contributed by atoms with van der Waals surface area (Å²) in [5.74, 6) is 0.919. The van der Waals surface area contributed by atoms with Crippen LogP contribution in [0.4, 0.5) is 0 Å². The molecule has 84 valence electrons. The Morgan fingerprint density at radius 2 is 1.87 bits per heavy atom. The number of unbranched alkanes of at least 4 members (excludes halogenated alkanes) is 1. The number of hydrogen-bond acceptors (Lipinski definition) is 2. The van der Waals surface area contributed by atoms with Gasteiger partial charge in [0.05, 0.1) is 5.02 Å². The molecule has 0 bridgehead atoms. The van der Waals surface area contributed by atoms with Gasteiger partial charge in [0.15, 0.2) is 0 Å². The number of aromatic nitrogens is 2. The van der Waals surface area contributed by atoms with Crippen LogP contribution in [0.25, 0.3) is 0 Å². The average Bonchev–Trinajstić information content (AvgIpc) is 2.27. The minimum absolute atomic E-state index is 0.0978. The summed E-state index contributed by atoms with van der Waals surface area (Å²) in [7, 11) is 0. The Labute approximate surface area is 97.1 Å². The van der Waals surface area contributed by atoms with E-state index in [0.717, 1.165) is 18.7 Å². The van der Waals surface area contributed by atoms with Crippen LogP contribution in [0.1, 0.15) is 52.3 Å². The third kappa shape index (κ3) is 3.16. The van der Waals surface area contributed by atoms with E-state index in [9.17, 15) is 0 Å². The second-order valence-electron chi connectivity index (χ2n) is 4.24. The van der Waals surface area contributed by atoms with Crippen molar-refractivity contribution in [3.05, 3.63) is 23.2 Å². The Bertz CT molecular complexity index is 297. The fourth-order valence-corrected chi connectivity index (χ4v) is 1.74. The van der Waals surface area contributed by atoms with Crippen molar-refractivity contribution in [1.29, 1.82) is 0 Å². The van der Waals surface area contributed by atoms with Crippen molar-refractivity contribution < 1.29 is 0 Å². The lowest BCUT2D eigenvalue weighted by atomic mass is 9.81. The van der Waals surface area contributed by atoms with Gasteiger partial charge in [0.1, 0.15) is 5.82 Å². The van der Waals surface area contributed by atoms with Crippen LogP contribution < -0.4 is 0 Å². The van der Waals surface area contributed by atoms with E-state index in [-0.39, 0.29) is 5.41 Å². The Hall–Kier alpha value is -0.630. The third-order valence-electron chi connectivity index (χ3n) is 3.02. The number of halogens is 1. The van der Waals surface area contributed by atoms with Crippen LogP contribution in [0, 0.1) is 0 Å². The molecule has 3 heteroatoms. The van der Waals surface area contributed by atoms with Crippen LogP contribution in [0.5, 0.6) is 0 Å². The summed E-state index contributed by atoms with van der Waals surface area (Å²) in [6.07, 6.45) is 8.00. The first-order valence-electron chi connectivity index (χ1n) is 5.60. The summed E-state index contributed by atoms with van der Waals surface area (Å²) in [6, 6.07) is 0. The standard InChI is InChI=1S/C12H19ClN2/c1-4-6-7-12(3,5-2)11-14-8-10(13)9-15-11/h8-9H,4-7H2,1-3H3. The molecule has 15 heavy (non-hydrogen) atoms. The smallest absolute Gasteiger partial charge is 0.134 e. The number of hydrogen-bond donors (Lipinski definition) is 0. The van der Waals surface area contributed by atoms with Crippen molar-refractivity contribution in [2.24, 2.45) is 0 Å².